The summed E-state index contributed by atoms with van der Waals surface area (Å²) in [4.78, 5) is 4.81. The van der Waals surface area contributed by atoms with Crippen molar-refractivity contribution >= 4 is 34.1 Å². The summed E-state index contributed by atoms with van der Waals surface area (Å²) in [5, 5.41) is 0. The molecule has 0 saturated heterocycles. The van der Waals surface area contributed by atoms with Crippen LogP contribution in [0.15, 0.2) is 194 Å². The van der Waals surface area contributed by atoms with E-state index in [-0.39, 0.29) is 0 Å². The molecule has 262 valence electrons. The van der Waals surface area contributed by atoms with Gasteiger partial charge in [0.05, 0.1) is 5.41 Å². The van der Waals surface area contributed by atoms with Crippen molar-refractivity contribution in [2.45, 2.75) is 31.1 Å². The first kappa shape index (κ1) is 31.8. The number of hydrogen-bond donors (Lipinski definition) is 0. The number of hydrogen-bond acceptors (Lipinski definition) is 2. The summed E-state index contributed by atoms with van der Waals surface area (Å²) in [6, 6.07) is 72.3. The van der Waals surface area contributed by atoms with Crippen molar-refractivity contribution in [3.8, 4) is 11.1 Å². The molecule has 3 aliphatic carbocycles. The van der Waals surface area contributed by atoms with Crippen molar-refractivity contribution in [3.63, 3.8) is 0 Å². The quantitative estimate of drug-likeness (QED) is 0.155. The summed E-state index contributed by atoms with van der Waals surface area (Å²) in [5.74, 6) is 0. The van der Waals surface area contributed by atoms with Crippen molar-refractivity contribution in [2.75, 3.05) is 9.80 Å². The van der Waals surface area contributed by atoms with Crippen LogP contribution in [0, 0.1) is 0 Å². The van der Waals surface area contributed by atoms with E-state index >= 15 is 0 Å². The van der Waals surface area contributed by atoms with Crippen LogP contribution in [0.2, 0.25) is 0 Å². The molecule has 55 heavy (non-hydrogen) atoms. The van der Waals surface area contributed by atoms with Gasteiger partial charge in [-0.15, -0.1) is 0 Å². The molecular weight excluding hydrogens is 665 g/mol. The molecule has 0 spiro atoms. The Kier molecular flexibility index (Phi) is 7.38. The Morgan fingerprint density at radius 1 is 0.291 bits per heavy atom. The summed E-state index contributed by atoms with van der Waals surface area (Å²) in [6.07, 6.45) is 4.59. The van der Waals surface area contributed by atoms with E-state index in [0.717, 1.165) is 59.8 Å². The van der Waals surface area contributed by atoms with Crippen LogP contribution < -0.4 is 9.80 Å². The molecule has 2 heteroatoms. The monoisotopic (exact) mass is 704 g/mol. The van der Waals surface area contributed by atoms with E-state index in [4.69, 9.17) is 0 Å². The standard InChI is InChI=1S/C53H40N2/c1-5-13-43(14-6-1)54(44-15-7-2-8-16-44)47-29-31-49-50-32-30-48(55(45-17-9-3-10-18-45)46-19-11-4-12-20-46)36-52(50)53(51(49)35-47,41-27-25-37-21-23-39(37)33-41)42-28-26-38-22-24-40(38)34-42/h1-20,25-36H,21-24H2. The molecular formula is C53H40N2. The number of rotatable bonds is 8. The van der Waals surface area contributed by atoms with Gasteiger partial charge in [0.15, 0.2) is 0 Å². The summed E-state index contributed by atoms with van der Waals surface area (Å²) < 4.78 is 0. The van der Waals surface area contributed by atoms with Crippen LogP contribution in [-0.2, 0) is 31.1 Å². The molecule has 8 aromatic carbocycles. The van der Waals surface area contributed by atoms with Crippen molar-refractivity contribution in [1.29, 1.82) is 0 Å². The van der Waals surface area contributed by atoms with Gasteiger partial charge >= 0.3 is 0 Å². The molecule has 2 nitrogen and oxygen atoms in total. The van der Waals surface area contributed by atoms with Crippen molar-refractivity contribution in [1.82, 2.24) is 0 Å². The molecule has 0 heterocycles. The maximum Gasteiger partial charge on any atom is 0.0715 e. The third-order valence-electron chi connectivity index (χ3n) is 12.3. The number of aryl methyl sites for hydroxylation is 4. The van der Waals surface area contributed by atoms with E-state index in [1.165, 1.54) is 55.6 Å². The van der Waals surface area contributed by atoms with Gasteiger partial charge < -0.3 is 9.80 Å². The van der Waals surface area contributed by atoms with Gasteiger partial charge in [0.2, 0.25) is 0 Å². The first-order valence-electron chi connectivity index (χ1n) is 19.6. The molecule has 0 aromatic heterocycles. The lowest BCUT2D eigenvalue weighted by molar-refractivity contribution is 0.740. The number of nitrogens with zero attached hydrogens (tertiary/aromatic N) is 2. The smallest absolute Gasteiger partial charge is 0.0715 e. The minimum atomic E-state index is -0.538. The van der Waals surface area contributed by atoms with Crippen molar-refractivity contribution in [2.24, 2.45) is 0 Å². The van der Waals surface area contributed by atoms with E-state index in [1.807, 2.05) is 0 Å². The van der Waals surface area contributed by atoms with Crippen LogP contribution in [0.3, 0.4) is 0 Å². The highest BCUT2D eigenvalue weighted by atomic mass is 15.1. The molecule has 0 fully saturated rings. The highest BCUT2D eigenvalue weighted by Gasteiger charge is 2.48. The van der Waals surface area contributed by atoms with Crippen LogP contribution in [-0.4, -0.2) is 0 Å². The molecule has 0 N–H and O–H groups in total. The topological polar surface area (TPSA) is 6.48 Å². The summed E-state index contributed by atoms with van der Waals surface area (Å²) in [5.41, 5.74) is 20.2. The van der Waals surface area contributed by atoms with E-state index in [1.54, 1.807) is 0 Å². The molecule has 0 unspecified atom stereocenters. The van der Waals surface area contributed by atoms with Gasteiger partial charge in [-0.1, -0.05) is 121 Å². The lowest BCUT2D eigenvalue weighted by Crippen LogP contribution is -2.31. The van der Waals surface area contributed by atoms with Crippen LogP contribution in [0.5, 0.6) is 0 Å². The van der Waals surface area contributed by atoms with Crippen molar-refractivity contribution in [3.05, 3.63) is 239 Å². The zero-order valence-electron chi connectivity index (χ0n) is 30.7. The van der Waals surface area contributed by atoms with Gasteiger partial charge in [-0.2, -0.15) is 0 Å². The maximum atomic E-state index is 2.54. The summed E-state index contributed by atoms with van der Waals surface area (Å²) >= 11 is 0. The first-order valence-corrected chi connectivity index (χ1v) is 19.6. The largest absolute Gasteiger partial charge is 0.310 e. The minimum absolute atomic E-state index is 0.538. The highest BCUT2D eigenvalue weighted by molar-refractivity contribution is 5.92. The Balaban J connectivity index is 1.21. The average Bonchev–Trinajstić information content (AvgIpc) is 3.50. The van der Waals surface area contributed by atoms with E-state index in [9.17, 15) is 0 Å². The normalized spacial score (nSPS) is 14.0. The van der Waals surface area contributed by atoms with E-state index in [2.05, 4.69) is 204 Å². The molecule has 3 aliphatic rings. The van der Waals surface area contributed by atoms with Gasteiger partial charge in [-0.25, -0.2) is 0 Å². The second-order valence-corrected chi connectivity index (χ2v) is 15.2. The van der Waals surface area contributed by atoms with Gasteiger partial charge in [-0.3, -0.25) is 0 Å². The predicted octanol–water partition coefficient (Wildman–Crippen LogP) is 13.2. The van der Waals surface area contributed by atoms with Gasteiger partial charge in [0.1, 0.15) is 0 Å². The van der Waals surface area contributed by atoms with Crippen LogP contribution in [0.1, 0.15) is 44.5 Å². The van der Waals surface area contributed by atoms with Crippen molar-refractivity contribution < 1.29 is 0 Å². The van der Waals surface area contributed by atoms with Crippen LogP contribution in [0.4, 0.5) is 34.1 Å². The third kappa shape index (κ3) is 5.02. The fourth-order valence-corrected chi connectivity index (χ4v) is 9.43. The molecule has 11 rings (SSSR count). The SMILES string of the molecule is c1ccc(N(c2ccccc2)c2ccc3c(c2)C(c2ccc4c(c2)CC4)(c2ccc4c(c2)CC4)c2cc(N(c4ccccc4)c4ccccc4)ccc2-3)cc1. The number of fused-ring (bicyclic) bond motifs is 5. The highest BCUT2D eigenvalue weighted by Crippen LogP contribution is 2.59. The lowest BCUT2D eigenvalue weighted by Gasteiger charge is -2.38. The number of anilines is 6. The Morgan fingerprint density at radius 3 is 0.945 bits per heavy atom. The Bertz CT molecular complexity index is 2430. The lowest BCUT2D eigenvalue weighted by atomic mass is 9.65. The predicted molar refractivity (Wildman–Crippen MR) is 228 cm³/mol. The Morgan fingerprint density at radius 2 is 0.636 bits per heavy atom. The fraction of sp³-hybridized carbons (Fsp3) is 0.0943. The van der Waals surface area contributed by atoms with Gasteiger partial charge in [0.25, 0.3) is 0 Å². The molecule has 0 saturated carbocycles. The zero-order valence-corrected chi connectivity index (χ0v) is 30.7. The molecule has 0 radical (unpaired) electrons. The fourth-order valence-electron chi connectivity index (χ4n) is 9.43. The second kappa shape index (κ2) is 12.7. The van der Waals surface area contributed by atoms with Crippen LogP contribution >= 0.6 is 0 Å². The Labute approximate surface area is 323 Å². The molecule has 0 amide bonds. The second-order valence-electron chi connectivity index (χ2n) is 15.2. The molecule has 8 aromatic rings. The van der Waals surface area contributed by atoms with Gasteiger partial charge in [-0.05, 0) is 154 Å². The Hall–Kier alpha value is -6.64. The minimum Gasteiger partial charge on any atom is -0.310 e. The van der Waals surface area contributed by atoms with Crippen LogP contribution in [0.25, 0.3) is 11.1 Å². The van der Waals surface area contributed by atoms with E-state index in [0.29, 0.717) is 0 Å². The molecule has 0 atom stereocenters. The summed E-state index contributed by atoms with van der Waals surface area (Å²) in [7, 11) is 0. The maximum absolute atomic E-state index is 2.54. The zero-order chi connectivity index (χ0) is 36.3. The molecule has 0 aliphatic heterocycles. The average molecular weight is 705 g/mol. The number of para-hydroxylation sites is 4. The van der Waals surface area contributed by atoms with E-state index < -0.39 is 5.41 Å². The molecule has 0 bridgehead atoms. The van der Waals surface area contributed by atoms with Gasteiger partial charge in [0, 0.05) is 34.1 Å². The number of benzene rings is 8. The summed E-state index contributed by atoms with van der Waals surface area (Å²) in [6.45, 7) is 0. The first-order chi connectivity index (χ1) is 27.3. The third-order valence-corrected chi connectivity index (χ3v) is 12.3.